The molecule has 3 rings (SSSR count). The molecule has 1 amide bonds. The average molecular weight is 415 g/mol. The van der Waals surface area contributed by atoms with Crippen LogP contribution in [0.2, 0.25) is 5.02 Å². The van der Waals surface area contributed by atoms with E-state index in [2.05, 4.69) is 4.90 Å². The molecule has 1 fully saturated rings. The van der Waals surface area contributed by atoms with Crippen molar-refractivity contribution in [2.24, 2.45) is 0 Å². The fraction of sp³-hybridized carbons (Fsp3) is 0.316. The average Bonchev–Trinajstić information content (AvgIpc) is 2.63. The second-order valence-electron chi connectivity index (χ2n) is 6.43. The summed E-state index contributed by atoms with van der Waals surface area (Å²) in [6, 6.07) is 10.5. The van der Waals surface area contributed by atoms with E-state index in [1.54, 1.807) is 18.2 Å². The van der Waals surface area contributed by atoms with Crippen molar-refractivity contribution in [3.05, 3.63) is 58.6 Å². The van der Waals surface area contributed by atoms with E-state index < -0.39 is 17.8 Å². The molecule has 1 heterocycles. The highest BCUT2D eigenvalue weighted by Gasteiger charge is 2.33. The number of hydrogen-bond donors (Lipinski definition) is 1. The quantitative estimate of drug-likeness (QED) is 0.769. The highest BCUT2D eigenvalue weighted by Crippen LogP contribution is 2.37. The lowest BCUT2D eigenvalue weighted by Crippen LogP contribution is -2.47. The molecule has 1 aliphatic heterocycles. The third kappa shape index (κ3) is 5.08. The van der Waals surface area contributed by atoms with Crippen LogP contribution in [-0.4, -0.2) is 47.2 Å². The summed E-state index contributed by atoms with van der Waals surface area (Å²) in [5.74, 6) is 0.459. The van der Waals surface area contributed by atoms with E-state index in [9.17, 15) is 18.0 Å². The molecule has 0 bridgehead atoms. The number of benzene rings is 2. The molecule has 2 aromatic carbocycles. The predicted octanol–water partition coefficient (Wildman–Crippen LogP) is 4.95. The van der Waals surface area contributed by atoms with Gasteiger partial charge in [-0.15, -0.1) is 0 Å². The molecular formula is C19H18ClF3N2O3. The van der Waals surface area contributed by atoms with Crippen LogP contribution in [0.3, 0.4) is 0 Å². The van der Waals surface area contributed by atoms with E-state index in [1.807, 2.05) is 6.07 Å². The molecule has 1 saturated heterocycles. The third-order valence-corrected chi connectivity index (χ3v) is 4.76. The summed E-state index contributed by atoms with van der Waals surface area (Å²) >= 11 is 5.63. The van der Waals surface area contributed by atoms with E-state index in [4.69, 9.17) is 21.4 Å². The first-order chi connectivity index (χ1) is 13.2. The van der Waals surface area contributed by atoms with Crippen LogP contribution in [0, 0.1) is 0 Å². The molecule has 1 aliphatic rings. The summed E-state index contributed by atoms with van der Waals surface area (Å²) in [7, 11) is 0. The topological polar surface area (TPSA) is 53.0 Å². The Morgan fingerprint density at radius 2 is 1.75 bits per heavy atom. The molecule has 0 unspecified atom stereocenters. The molecular weight excluding hydrogens is 397 g/mol. The molecule has 0 radical (unpaired) electrons. The summed E-state index contributed by atoms with van der Waals surface area (Å²) in [5.41, 5.74) is -0.0228. The summed E-state index contributed by atoms with van der Waals surface area (Å²) < 4.78 is 44.5. The number of nitrogens with zero attached hydrogens (tertiary/aromatic N) is 2. The number of ether oxygens (including phenoxy) is 1. The van der Waals surface area contributed by atoms with Crippen LogP contribution in [0.15, 0.2) is 42.5 Å². The zero-order valence-corrected chi connectivity index (χ0v) is 15.5. The maximum absolute atomic E-state index is 13.0. The number of hydrogen-bond acceptors (Lipinski definition) is 3. The van der Waals surface area contributed by atoms with E-state index >= 15 is 0 Å². The normalized spacial score (nSPS) is 15.5. The fourth-order valence-corrected chi connectivity index (χ4v) is 3.21. The predicted molar refractivity (Wildman–Crippen MR) is 97.8 cm³/mol. The molecule has 0 saturated carbocycles. The Labute approximate surface area is 164 Å². The van der Waals surface area contributed by atoms with Crippen molar-refractivity contribution in [1.29, 1.82) is 0 Å². The van der Waals surface area contributed by atoms with Gasteiger partial charge in [-0.3, -0.25) is 4.90 Å². The second-order valence-corrected chi connectivity index (χ2v) is 6.84. The largest absolute Gasteiger partial charge is 0.465 e. The van der Waals surface area contributed by atoms with Crippen LogP contribution in [0.4, 0.5) is 18.0 Å². The molecule has 0 atom stereocenters. The first-order valence-electron chi connectivity index (χ1n) is 8.56. The Morgan fingerprint density at radius 3 is 2.39 bits per heavy atom. The third-order valence-electron chi connectivity index (χ3n) is 4.43. The lowest BCUT2D eigenvalue weighted by Gasteiger charge is -2.33. The van der Waals surface area contributed by atoms with Crippen molar-refractivity contribution >= 4 is 17.7 Å². The number of piperazine rings is 1. The zero-order chi connectivity index (χ0) is 20.3. The van der Waals surface area contributed by atoms with Crippen LogP contribution in [0.25, 0.3) is 0 Å². The van der Waals surface area contributed by atoms with Gasteiger partial charge in [0.05, 0.1) is 10.6 Å². The summed E-state index contributed by atoms with van der Waals surface area (Å²) in [6.45, 7) is 2.71. The lowest BCUT2D eigenvalue weighted by molar-refractivity contribution is -0.137. The number of amides is 1. The van der Waals surface area contributed by atoms with Gasteiger partial charge in [0, 0.05) is 32.7 Å². The second kappa shape index (κ2) is 8.28. The van der Waals surface area contributed by atoms with Crippen molar-refractivity contribution in [1.82, 2.24) is 9.80 Å². The zero-order valence-electron chi connectivity index (χ0n) is 14.7. The van der Waals surface area contributed by atoms with E-state index in [-0.39, 0.29) is 10.8 Å². The van der Waals surface area contributed by atoms with Gasteiger partial charge >= 0.3 is 12.3 Å². The maximum atomic E-state index is 13.0. The van der Waals surface area contributed by atoms with E-state index in [1.165, 1.54) is 11.0 Å². The van der Waals surface area contributed by atoms with Crippen LogP contribution in [0.5, 0.6) is 11.5 Å². The molecule has 0 spiro atoms. The number of rotatable bonds is 4. The van der Waals surface area contributed by atoms with Crippen molar-refractivity contribution in [3.8, 4) is 11.5 Å². The van der Waals surface area contributed by atoms with Crippen molar-refractivity contribution in [3.63, 3.8) is 0 Å². The summed E-state index contributed by atoms with van der Waals surface area (Å²) in [5, 5.41) is 8.61. The molecule has 150 valence electrons. The van der Waals surface area contributed by atoms with Gasteiger partial charge in [0.15, 0.2) is 0 Å². The van der Waals surface area contributed by atoms with Gasteiger partial charge in [0.1, 0.15) is 11.5 Å². The number of alkyl halides is 3. The molecule has 0 aliphatic carbocycles. The first-order valence-corrected chi connectivity index (χ1v) is 8.94. The summed E-state index contributed by atoms with van der Waals surface area (Å²) in [4.78, 5) is 14.4. The van der Waals surface area contributed by atoms with Crippen LogP contribution in [-0.2, 0) is 12.7 Å². The highest BCUT2D eigenvalue weighted by molar-refractivity contribution is 6.31. The molecule has 2 aromatic rings. The molecule has 5 nitrogen and oxygen atoms in total. The molecule has 1 N–H and O–H groups in total. The minimum atomic E-state index is -4.56. The Hall–Kier alpha value is -2.45. The van der Waals surface area contributed by atoms with Crippen LogP contribution < -0.4 is 4.74 Å². The highest BCUT2D eigenvalue weighted by atomic mass is 35.5. The van der Waals surface area contributed by atoms with Crippen LogP contribution in [0.1, 0.15) is 11.1 Å². The molecule has 28 heavy (non-hydrogen) atoms. The van der Waals surface area contributed by atoms with Gasteiger partial charge in [-0.1, -0.05) is 23.7 Å². The SMILES string of the molecule is O=C(O)N1CCN(Cc2cccc(Oc3ccc(Cl)c(C(F)(F)F)c3)c2)CC1. The van der Waals surface area contributed by atoms with Crippen LogP contribution >= 0.6 is 11.6 Å². The minimum absolute atomic E-state index is 0.0453. The van der Waals surface area contributed by atoms with Crippen molar-refractivity contribution in [2.75, 3.05) is 26.2 Å². The van der Waals surface area contributed by atoms with Gasteiger partial charge in [-0.05, 0) is 35.9 Å². The van der Waals surface area contributed by atoms with Crippen molar-refractivity contribution < 1.29 is 27.8 Å². The number of carbonyl (C=O) groups is 1. The van der Waals surface area contributed by atoms with E-state index in [0.29, 0.717) is 38.5 Å². The summed E-state index contributed by atoms with van der Waals surface area (Å²) in [6.07, 6.45) is -5.48. The lowest BCUT2D eigenvalue weighted by atomic mass is 10.2. The van der Waals surface area contributed by atoms with Crippen molar-refractivity contribution in [2.45, 2.75) is 12.7 Å². The smallest absolute Gasteiger partial charge is 0.417 e. The van der Waals surface area contributed by atoms with Gasteiger partial charge in [-0.25, -0.2) is 4.79 Å². The maximum Gasteiger partial charge on any atom is 0.417 e. The Morgan fingerprint density at radius 1 is 1.07 bits per heavy atom. The Bertz CT molecular complexity index is 853. The van der Waals surface area contributed by atoms with Gasteiger partial charge in [0.2, 0.25) is 0 Å². The van der Waals surface area contributed by atoms with Gasteiger partial charge < -0.3 is 14.7 Å². The molecule has 9 heteroatoms. The first kappa shape index (κ1) is 20.3. The van der Waals surface area contributed by atoms with E-state index in [0.717, 1.165) is 17.7 Å². The Balaban J connectivity index is 1.67. The Kier molecular flexibility index (Phi) is 6.00. The standard InChI is InChI=1S/C19H18ClF3N2O3/c20-17-5-4-15(11-16(17)19(21,22)23)28-14-3-1-2-13(10-14)12-24-6-8-25(9-7-24)18(26)27/h1-5,10-11H,6-9,12H2,(H,26,27). The molecule has 0 aromatic heterocycles. The monoisotopic (exact) mass is 414 g/mol. The van der Waals surface area contributed by atoms with Gasteiger partial charge in [0.25, 0.3) is 0 Å². The number of carboxylic acid groups (broad SMARTS) is 1. The number of halogens is 4. The fourth-order valence-electron chi connectivity index (χ4n) is 2.98. The minimum Gasteiger partial charge on any atom is -0.465 e. The van der Waals surface area contributed by atoms with Gasteiger partial charge in [-0.2, -0.15) is 13.2 Å².